The molecule has 1 aromatic heterocycles. The minimum atomic E-state index is -0.948. The molecule has 3 nitrogen and oxygen atoms in total. The molecular weight excluding hydrogens is 210 g/mol. The minimum absolute atomic E-state index is 0.928. The van der Waals surface area contributed by atoms with Gasteiger partial charge < -0.3 is 5.11 Å². The summed E-state index contributed by atoms with van der Waals surface area (Å²) >= 11 is 1.56. The molecule has 0 aliphatic rings. The van der Waals surface area contributed by atoms with E-state index in [1.165, 1.54) is 6.08 Å². The van der Waals surface area contributed by atoms with E-state index in [1.54, 1.807) is 24.0 Å². The molecule has 0 atom stereocenters. The van der Waals surface area contributed by atoms with Crippen LogP contribution in [0.1, 0.15) is 5.56 Å². The van der Waals surface area contributed by atoms with Gasteiger partial charge in [0.2, 0.25) is 0 Å². The van der Waals surface area contributed by atoms with Gasteiger partial charge in [-0.25, -0.2) is 9.78 Å². The van der Waals surface area contributed by atoms with Crippen LogP contribution >= 0.6 is 11.8 Å². The SMILES string of the molecule is CSc1ncccc1C=CC=CC(=O)O. The Morgan fingerprint density at radius 2 is 2.33 bits per heavy atom. The first-order valence-electron chi connectivity index (χ1n) is 4.30. The zero-order valence-electron chi connectivity index (χ0n) is 8.25. The summed E-state index contributed by atoms with van der Waals surface area (Å²) in [6.07, 6.45) is 9.78. The van der Waals surface area contributed by atoms with Gasteiger partial charge in [-0.15, -0.1) is 11.8 Å². The molecule has 0 saturated heterocycles. The van der Waals surface area contributed by atoms with Gasteiger partial charge in [0.05, 0.1) is 0 Å². The topological polar surface area (TPSA) is 50.2 Å². The molecule has 0 aliphatic carbocycles. The third kappa shape index (κ3) is 3.99. The molecule has 78 valence electrons. The summed E-state index contributed by atoms with van der Waals surface area (Å²) in [6.45, 7) is 0. The number of nitrogens with zero attached hydrogens (tertiary/aromatic N) is 1. The Kier molecular flexibility index (Phi) is 4.63. The summed E-state index contributed by atoms with van der Waals surface area (Å²) in [5.74, 6) is -0.948. The van der Waals surface area contributed by atoms with E-state index < -0.39 is 5.97 Å². The second-order valence-electron chi connectivity index (χ2n) is 2.66. The highest BCUT2D eigenvalue weighted by molar-refractivity contribution is 7.98. The molecule has 0 fully saturated rings. The van der Waals surface area contributed by atoms with Crippen LogP contribution in [0.3, 0.4) is 0 Å². The number of aromatic nitrogens is 1. The fourth-order valence-corrected chi connectivity index (χ4v) is 1.54. The first-order chi connectivity index (χ1) is 7.24. The number of hydrogen-bond acceptors (Lipinski definition) is 3. The second-order valence-corrected chi connectivity index (χ2v) is 3.45. The molecule has 0 amide bonds. The third-order valence-electron chi connectivity index (χ3n) is 1.62. The van der Waals surface area contributed by atoms with Gasteiger partial charge in [-0.1, -0.05) is 24.3 Å². The Labute approximate surface area is 92.5 Å². The van der Waals surface area contributed by atoms with E-state index in [0.717, 1.165) is 16.7 Å². The number of rotatable bonds is 4. The van der Waals surface area contributed by atoms with Gasteiger partial charge in [0.1, 0.15) is 5.03 Å². The normalized spacial score (nSPS) is 11.3. The van der Waals surface area contributed by atoms with Crippen molar-refractivity contribution in [1.82, 2.24) is 4.98 Å². The molecule has 1 rings (SSSR count). The highest BCUT2D eigenvalue weighted by atomic mass is 32.2. The van der Waals surface area contributed by atoms with Crippen molar-refractivity contribution in [3.63, 3.8) is 0 Å². The number of carboxylic acids is 1. The molecule has 4 heteroatoms. The molecule has 1 aromatic rings. The van der Waals surface area contributed by atoms with Crippen molar-refractivity contribution in [3.8, 4) is 0 Å². The average molecular weight is 221 g/mol. The number of carboxylic acid groups (broad SMARTS) is 1. The molecule has 0 saturated carbocycles. The molecular formula is C11H11NO2S. The Bertz CT molecular complexity index is 399. The van der Waals surface area contributed by atoms with Gasteiger partial charge in [-0.2, -0.15) is 0 Å². The van der Waals surface area contributed by atoms with E-state index in [9.17, 15) is 4.79 Å². The Hall–Kier alpha value is -1.55. The summed E-state index contributed by atoms with van der Waals surface area (Å²) in [5.41, 5.74) is 0.986. The van der Waals surface area contributed by atoms with Crippen LogP contribution in [0.5, 0.6) is 0 Å². The maximum absolute atomic E-state index is 10.2. The van der Waals surface area contributed by atoms with Crippen molar-refractivity contribution in [3.05, 3.63) is 42.1 Å². The predicted molar refractivity (Wildman–Crippen MR) is 61.8 cm³/mol. The van der Waals surface area contributed by atoms with Crippen LogP contribution < -0.4 is 0 Å². The lowest BCUT2D eigenvalue weighted by Gasteiger charge is -1.98. The van der Waals surface area contributed by atoms with Gasteiger partial charge in [0.15, 0.2) is 0 Å². The zero-order valence-corrected chi connectivity index (χ0v) is 9.07. The molecule has 15 heavy (non-hydrogen) atoms. The Balaban J connectivity index is 2.75. The molecule has 1 heterocycles. The maximum Gasteiger partial charge on any atom is 0.328 e. The van der Waals surface area contributed by atoms with Crippen molar-refractivity contribution >= 4 is 23.8 Å². The predicted octanol–water partition coefficient (Wildman–Crippen LogP) is 2.46. The van der Waals surface area contributed by atoms with E-state index in [1.807, 2.05) is 24.5 Å². The van der Waals surface area contributed by atoms with Crippen LogP contribution in [-0.4, -0.2) is 22.3 Å². The van der Waals surface area contributed by atoms with Crippen molar-refractivity contribution in [2.75, 3.05) is 6.26 Å². The molecule has 1 N–H and O–H groups in total. The first-order valence-corrected chi connectivity index (χ1v) is 5.53. The molecule has 0 radical (unpaired) electrons. The van der Waals surface area contributed by atoms with Crippen LogP contribution in [-0.2, 0) is 4.79 Å². The molecule has 0 spiro atoms. The number of thioether (sulfide) groups is 1. The standard InChI is InChI=1S/C11H11NO2S/c1-15-11-9(6-4-8-12-11)5-2-3-7-10(13)14/h2-8H,1H3,(H,13,14). The van der Waals surface area contributed by atoms with Crippen LogP contribution in [0.4, 0.5) is 0 Å². The molecule has 0 unspecified atom stereocenters. The van der Waals surface area contributed by atoms with Crippen molar-refractivity contribution in [2.45, 2.75) is 5.03 Å². The fourth-order valence-electron chi connectivity index (χ4n) is 0.998. The zero-order chi connectivity index (χ0) is 11.1. The van der Waals surface area contributed by atoms with E-state index in [-0.39, 0.29) is 0 Å². The average Bonchev–Trinajstić information content (AvgIpc) is 2.24. The summed E-state index contributed by atoms with van der Waals surface area (Å²) in [7, 11) is 0. The van der Waals surface area contributed by atoms with Crippen LogP contribution in [0, 0.1) is 0 Å². The van der Waals surface area contributed by atoms with E-state index in [0.29, 0.717) is 0 Å². The second kappa shape index (κ2) is 6.03. The molecule has 0 bridgehead atoms. The van der Waals surface area contributed by atoms with Gasteiger partial charge in [0, 0.05) is 17.8 Å². The largest absolute Gasteiger partial charge is 0.478 e. The lowest BCUT2D eigenvalue weighted by Crippen LogP contribution is -1.84. The number of allylic oxidation sites excluding steroid dienone is 2. The van der Waals surface area contributed by atoms with Gasteiger partial charge in [0.25, 0.3) is 0 Å². The quantitative estimate of drug-likeness (QED) is 0.482. The van der Waals surface area contributed by atoms with Crippen molar-refractivity contribution in [2.24, 2.45) is 0 Å². The Morgan fingerprint density at radius 3 is 3.00 bits per heavy atom. The summed E-state index contributed by atoms with van der Waals surface area (Å²) in [4.78, 5) is 14.4. The summed E-state index contributed by atoms with van der Waals surface area (Å²) in [6, 6.07) is 3.78. The summed E-state index contributed by atoms with van der Waals surface area (Å²) < 4.78 is 0. The van der Waals surface area contributed by atoms with E-state index in [2.05, 4.69) is 4.98 Å². The van der Waals surface area contributed by atoms with E-state index >= 15 is 0 Å². The smallest absolute Gasteiger partial charge is 0.328 e. The highest BCUT2D eigenvalue weighted by Gasteiger charge is 1.95. The van der Waals surface area contributed by atoms with Crippen molar-refractivity contribution in [1.29, 1.82) is 0 Å². The monoisotopic (exact) mass is 221 g/mol. The van der Waals surface area contributed by atoms with Crippen LogP contribution in [0.25, 0.3) is 6.08 Å². The van der Waals surface area contributed by atoms with Crippen molar-refractivity contribution < 1.29 is 9.90 Å². The Morgan fingerprint density at radius 1 is 1.53 bits per heavy atom. The van der Waals surface area contributed by atoms with Gasteiger partial charge >= 0.3 is 5.97 Å². The minimum Gasteiger partial charge on any atom is -0.478 e. The number of hydrogen-bond donors (Lipinski definition) is 1. The third-order valence-corrected chi connectivity index (χ3v) is 2.35. The fraction of sp³-hybridized carbons (Fsp3) is 0.0909. The van der Waals surface area contributed by atoms with Gasteiger partial charge in [-0.3, -0.25) is 0 Å². The van der Waals surface area contributed by atoms with Crippen LogP contribution in [0.2, 0.25) is 0 Å². The molecule has 0 aromatic carbocycles. The maximum atomic E-state index is 10.2. The lowest BCUT2D eigenvalue weighted by molar-refractivity contribution is -0.131. The number of pyridine rings is 1. The molecule has 0 aliphatic heterocycles. The van der Waals surface area contributed by atoms with E-state index in [4.69, 9.17) is 5.11 Å². The lowest BCUT2D eigenvalue weighted by atomic mass is 10.2. The highest BCUT2D eigenvalue weighted by Crippen LogP contribution is 2.17. The first kappa shape index (κ1) is 11.5. The van der Waals surface area contributed by atoms with Gasteiger partial charge in [-0.05, 0) is 12.3 Å². The summed E-state index contributed by atoms with van der Waals surface area (Å²) in [5, 5.41) is 9.30. The number of aliphatic carboxylic acids is 1. The number of carbonyl (C=O) groups is 1. The van der Waals surface area contributed by atoms with Crippen LogP contribution in [0.15, 0.2) is 41.6 Å².